The van der Waals surface area contributed by atoms with Crippen LogP contribution in [0.1, 0.15) is 52.7 Å². The molecule has 3 aromatic carbocycles. The SMILES string of the molecule is Cc1cccc(CN2C(=O)C(=Cc3ccccc3)Sc3ccc(C(=O)NCC[NH+]4CCCCCC4)cc32)c1. The third-order valence-electron chi connectivity index (χ3n) is 7.28. The van der Waals surface area contributed by atoms with E-state index in [0.29, 0.717) is 23.6 Å². The van der Waals surface area contributed by atoms with Crippen molar-refractivity contribution in [3.8, 4) is 0 Å². The maximum atomic E-state index is 13.8. The molecule has 0 spiro atoms. The summed E-state index contributed by atoms with van der Waals surface area (Å²) in [6, 6.07) is 23.9. The zero-order valence-electron chi connectivity index (χ0n) is 22.0. The highest BCUT2D eigenvalue weighted by molar-refractivity contribution is 8.04. The van der Waals surface area contributed by atoms with Crippen LogP contribution in [0, 0.1) is 6.92 Å². The van der Waals surface area contributed by atoms with Crippen LogP contribution in [-0.4, -0.2) is 38.0 Å². The summed E-state index contributed by atoms with van der Waals surface area (Å²) >= 11 is 1.47. The van der Waals surface area contributed by atoms with E-state index in [2.05, 4.69) is 24.4 Å². The Hall–Kier alpha value is -3.35. The van der Waals surface area contributed by atoms with E-state index in [1.165, 1.54) is 50.5 Å². The van der Waals surface area contributed by atoms with Gasteiger partial charge in [-0.3, -0.25) is 9.59 Å². The lowest BCUT2D eigenvalue weighted by molar-refractivity contribution is -0.898. The topological polar surface area (TPSA) is 53.9 Å². The molecule has 0 saturated carbocycles. The van der Waals surface area contributed by atoms with E-state index >= 15 is 0 Å². The fraction of sp³-hybridized carbons (Fsp3) is 0.312. The third kappa shape index (κ3) is 6.55. The van der Waals surface area contributed by atoms with Crippen molar-refractivity contribution in [2.45, 2.75) is 44.0 Å². The molecule has 2 amide bonds. The molecule has 0 bridgehead atoms. The number of carbonyl (C=O) groups excluding carboxylic acids is 2. The van der Waals surface area contributed by atoms with Gasteiger partial charge in [0.15, 0.2) is 0 Å². The van der Waals surface area contributed by atoms with Gasteiger partial charge in [-0.25, -0.2) is 0 Å². The van der Waals surface area contributed by atoms with E-state index in [4.69, 9.17) is 0 Å². The molecule has 0 aliphatic carbocycles. The number of hydrogen-bond acceptors (Lipinski definition) is 3. The molecule has 196 valence electrons. The van der Waals surface area contributed by atoms with Gasteiger partial charge in [0.1, 0.15) is 0 Å². The number of carbonyl (C=O) groups is 2. The standard InChI is InChI=1S/C32H35N3O2S/c1-24-10-9-13-26(20-24)23-35-28-22-27(31(36)33-16-19-34-17-7-2-3-8-18-34)14-15-29(28)38-30(32(35)37)21-25-11-5-4-6-12-25/h4-6,9-15,20-22H,2-3,7-8,16-19,23H2,1H3,(H,33,36)/p+1. The van der Waals surface area contributed by atoms with Crippen molar-refractivity contribution in [1.82, 2.24) is 5.32 Å². The molecule has 5 rings (SSSR count). The van der Waals surface area contributed by atoms with Gasteiger partial charge < -0.3 is 15.1 Å². The van der Waals surface area contributed by atoms with Gasteiger partial charge in [-0.1, -0.05) is 71.9 Å². The lowest BCUT2D eigenvalue weighted by Gasteiger charge is -2.31. The molecule has 2 heterocycles. The number of likely N-dealkylation sites (tertiary alicyclic amines) is 1. The molecule has 1 saturated heterocycles. The Morgan fingerprint density at radius 3 is 2.53 bits per heavy atom. The van der Waals surface area contributed by atoms with Crippen LogP contribution in [-0.2, 0) is 11.3 Å². The van der Waals surface area contributed by atoms with Crippen molar-refractivity contribution in [2.24, 2.45) is 0 Å². The van der Waals surface area contributed by atoms with Gasteiger partial charge in [0.2, 0.25) is 0 Å². The van der Waals surface area contributed by atoms with Crippen LogP contribution >= 0.6 is 11.8 Å². The summed E-state index contributed by atoms with van der Waals surface area (Å²) < 4.78 is 0. The van der Waals surface area contributed by atoms with Crippen LogP contribution in [0.4, 0.5) is 5.69 Å². The Morgan fingerprint density at radius 2 is 1.76 bits per heavy atom. The summed E-state index contributed by atoms with van der Waals surface area (Å²) in [5.41, 5.74) is 4.59. The van der Waals surface area contributed by atoms with E-state index in [-0.39, 0.29) is 11.8 Å². The minimum Gasteiger partial charge on any atom is -0.346 e. The number of quaternary nitrogens is 1. The molecule has 5 nitrogen and oxygen atoms in total. The summed E-state index contributed by atoms with van der Waals surface area (Å²) in [7, 11) is 0. The summed E-state index contributed by atoms with van der Waals surface area (Å²) in [4.78, 5) is 31.9. The van der Waals surface area contributed by atoms with E-state index in [1.807, 2.05) is 71.6 Å². The zero-order chi connectivity index (χ0) is 26.3. The molecule has 2 aliphatic rings. The molecule has 1 fully saturated rings. The van der Waals surface area contributed by atoms with Crippen LogP contribution in [0.3, 0.4) is 0 Å². The van der Waals surface area contributed by atoms with Gasteiger partial charge in [-0.15, -0.1) is 0 Å². The highest BCUT2D eigenvalue weighted by Crippen LogP contribution is 2.43. The van der Waals surface area contributed by atoms with Crippen LogP contribution in [0.2, 0.25) is 0 Å². The minimum atomic E-state index is -0.0828. The molecule has 0 radical (unpaired) electrons. The van der Waals surface area contributed by atoms with Gasteiger partial charge in [-0.05, 0) is 68.0 Å². The molecule has 2 N–H and O–H groups in total. The summed E-state index contributed by atoms with van der Waals surface area (Å²) in [5, 5.41) is 3.12. The summed E-state index contributed by atoms with van der Waals surface area (Å²) in [6.07, 6.45) is 7.14. The van der Waals surface area contributed by atoms with Gasteiger partial charge in [0.05, 0.1) is 43.3 Å². The Morgan fingerprint density at radius 1 is 0.974 bits per heavy atom. The molecule has 3 aromatic rings. The molecular weight excluding hydrogens is 490 g/mol. The zero-order valence-corrected chi connectivity index (χ0v) is 22.9. The molecule has 0 atom stereocenters. The van der Waals surface area contributed by atoms with Crippen molar-refractivity contribution in [1.29, 1.82) is 0 Å². The first-order chi connectivity index (χ1) is 18.6. The van der Waals surface area contributed by atoms with Crippen LogP contribution in [0.15, 0.2) is 82.6 Å². The molecule has 0 unspecified atom stereocenters. The second-order valence-electron chi connectivity index (χ2n) is 10.3. The Balaban J connectivity index is 1.38. The number of rotatable bonds is 7. The minimum absolute atomic E-state index is 0.0461. The van der Waals surface area contributed by atoms with E-state index < -0.39 is 0 Å². The maximum absolute atomic E-state index is 13.8. The summed E-state index contributed by atoms with van der Waals surface area (Å²) in [5.74, 6) is -0.129. The first kappa shape index (κ1) is 26.3. The van der Waals surface area contributed by atoms with Gasteiger partial charge >= 0.3 is 0 Å². The number of fused-ring (bicyclic) bond motifs is 1. The smallest absolute Gasteiger partial charge is 0.265 e. The Kier molecular flexibility index (Phi) is 8.61. The van der Waals surface area contributed by atoms with Crippen molar-refractivity contribution in [3.05, 3.63) is 100.0 Å². The monoisotopic (exact) mass is 526 g/mol. The van der Waals surface area contributed by atoms with Gasteiger partial charge in [0, 0.05) is 10.5 Å². The normalized spacial score (nSPS) is 17.2. The average molecular weight is 527 g/mol. The first-order valence-electron chi connectivity index (χ1n) is 13.6. The van der Waals surface area contributed by atoms with E-state index in [0.717, 1.165) is 33.8 Å². The van der Waals surface area contributed by atoms with Crippen molar-refractivity contribution >= 4 is 35.3 Å². The predicted octanol–water partition coefficient (Wildman–Crippen LogP) is 4.86. The van der Waals surface area contributed by atoms with Crippen LogP contribution in [0.25, 0.3) is 6.08 Å². The molecule has 6 heteroatoms. The van der Waals surface area contributed by atoms with Crippen molar-refractivity contribution in [3.63, 3.8) is 0 Å². The highest BCUT2D eigenvalue weighted by Gasteiger charge is 2.30. The lowest BCUT2D eigenvalue weighted by Crippen LogP contribution is -3.12. The summed E-state index contributed by atoms with van der Waals surface area (Å²) in [6.45, 7) is 6.51. The number of nitrogens with zero attached hydrogens (tertiary/aromatic N) is 1. The highest BCUT2D eigenvalue weighted by atomic mass is 32.2. The van der Waals surface area contributed by atoms with Gasteiger partial charge in [0.25, 0.3) is 11.8 Å². The molecular formula is C32H36N3O2S+. The predicted molar refractivity (Wildman–Crippen MR) is 155 cm³/mol. The lowest BCUT2D eigenvalue weighted by atomic mass is 10.1. The number of benzene rings is 3. The van der Waals surface area contributed by atoms with Crippen LogP contribution in [0.5, 0.6) is 0 Å². The quantitative estimate of drug-likeness (QED) is 0.432. The van der Waals surface area contributed by atoms with E-state index in [1.54, 1.807) is 4.90 Å². The Labute approximate surface area is 229 Å². The van der Waals surface area contributed by atoms with Crippen molar-refractivity contribution < 1.29 is 14.5 Å². The van der Waals surface area contributed by atoms with E-state index in [9.17, 15) is 9.59 Å². The third-order valence-corrected chi connectivity index (χ3v) is 8.36. The molecule has 0 aromatic heterocycles. The molecule has 38 heavy (non-hydrogen) atoms. The number of thioether (sulfide) groups is 1. The van der Waals surface area contributed by atoms with Gasteiger partial charge in [-0.2, -0.15) is 0 Å². The average Bonchev–Trinajstić information content (AvgIpc) is 3.20. The fourth-order valence-electron chi connectivity index (χ4n) is 5.24. The number of aryl methyl sites for hydroxylation is 1. The second-order valence-corrected chi connectivity index (χ2v) is 11.3. The van der Waals surface area contributed by atoms with Crippen LogP contribution < -0.4 is 15.1 Å². The number of amides is 2. The number of nitrogens with one attached hydrogen (secondary N) is 2. The second kappa shape index (κ2) is 12.5. The first-order valence-corrected chi connectivity index (χ1v) is 14.5. The number of hydrogen-bond donors (Lipinski definition) is 2. The molecule has 2 aliphatic heterocycles. The Bertz CT molecular complexity index is 1310. The maximum Gasteiger partial charge on any atom is 0.265 e. The number of anilines is 1. The fourth-order valence-corrected chi connectivity index (χ4v) is 6.27. The largest absolute Gasteiger partial charge is 0.346 e. The van der Waals surface area contributed by atoms with Crippen molar-refractivity contribution in [2.75, 3.05) is 31.1 Å².